The SMILES string of the molecule is COC(=O)Cc1ccc(NC2=NN(c3ccccc3)CC2)cc1. The maximum absolute atomic E-state index is 11.3. The summed E-state index contributed by atoms with van der Waals surface area (Å²) in [7, 11) is 1.40. The second-order valence-electron chi connectivity index (χ2n) is 5.33. The van der Waals surface area contributed by atoms with Gasteiger partial charge in [-0.25, -0.2) is 0 Å². The number of rotatable bonds is 4. The van der Waals surface area contributed by atoms with E-state index in [0.717, 1.165) is 35.7 Å². The van der Waals surface area contributed by atoms with Crippen LogP contribution in [-0.4, -0.2) is 25.5 Å². The zero-order valence-corrected chi connectivity index (χ0v) is 13.0. The zero-order valence-electron chi connectivity index (χ0n) is 13.0. The lowest BCUT2D eigenvalue weighted by Gasteiger charge is -2.12. The zero-order chi connectivity index (χ0) is 16.1. The number of esters is 1. The van der Waals surface area contributed by atoms with Crippen LogP contribution in [-0.2, 0) is 16.0 Å². The molecule has 0 amide bonds. The fourth-order valence-electron chi connectivity index (χ4n) is 2.44. The predicted octanol–water partition coefficient (Wildman–Crippen LogP) is 3.04. The van der Waals surface area contributed by atoms with E-state index in [9.17, 15) is 4.79 Å². The minimum Gasteiger partial charge on any atom is -0.469 e. The number of hydrogen-bond acceptors (Lipinski definition) is 5. The Bertz CT molecular complexity index is 696. The van der Waals surface area contributed by atoms with E-state index in [2.05, 4.69) is 15.2 Å². The molecule has 1 heterocycles. The molecule has 0 aliphatic carbocycles. The van der Waals surface area contributed by atoms with E-state index < -0.39 is 0 Å². The summed E-state index contributed by atoms with van der Waals surface area (Å²) in [6.45, 7) is 0.868. The highest BCUT2D eigenvalue weighted by atomic mass is 16.5. The molecular weight excluding hydrogens is 290 g/mol. The summed E-state index contributed by atoms with van der Waals surface area (Å²) >= 11 is 0. The predicted molar refractivity (Wildman–Crippen MR) is 91.6 cm³/mol. The molecule has 2 aromatic carbocycles. The van der Waals surface area contributed by atoms with Crippen LogP contribution in [0.3, 0.4) is 0 Å². The average molecular weight is 309 g/mol. The molecule has 0 bridgehead atoms. The topological polar surface area (TPSA) is 53.9 Å². The van der Waals surface area contributed by atoms with E-state index in [0.29, 0.717) is 6.42 Å². The van der Waals surface area contributed by atoms with Crippen molar-refractivity contribution in [2.45, 2.75) is 12.8 Å². The van der Waals surface area contributed by atoms with Gasteiger partial charge < -0.3 is 10.1 Å². The molecule has 0 atom stereocenters. The van der Waals surface area contributed by atoms with E-state index >= 15 is 0 Å². The molecule has 0 fully saturated rings. The maximum Gasteiger partial charge on any atom is 0.309 e. The van der Waals surface area contributed by atoms with E-state index in [1.165, 1.54) is 7.11 Å². The summed E-state index contributed by atoms with van der Waals surface area (Å²) in [5, 5.41) is 9.92. The minimum absolute atomic E-state index is 0.232. The summed E-state index contributed by atoms with van der Waals surface area (Å²) in [6, 6.07) is 17.9. The number of carbonyl (C=O) groups is 1. The Hall–Kier alpha value is -2.82. The Balaban J connectivity index is 1.62. The van der Waals surface area contributed by atoms with Gasteiger partial charge in [0.1, 0.15) is 5.84 Å². The second kappa shape index (κ2) is 6.96. The summed E-state index contributed by atoms with van der Waals surface area (Å²) < 4.78 is 4.67. The number of benzene rings is 2. The van der Waals surface area contributed by atoms with Crippen molar-refractivity contribution < 1.29 is 9.53 Å². The summed E-state index contributed by atoms with van der Waals surface area (Å²) in [5.41, 5.74) is 2.99. The van der Waals surface area contributed by atoms with Crippen LogP contribution in [0, 0.1) is 0 Å². The maximum atomic E-state index is 11.3. The number of anilines is 2. The molecule has 0 saturated heterocycles. The third-order valence-corrected chi connectivity index (χ3v) is 3.67. The number of nitrogens with zero attached hydrogens (tertiary/aromatic N) is 2. The van der Waals surface area contributed by atoms with E-state index in [1.54, 1.807) is 0 Å². The fourth-order valence-corrected chi connectivity index (χ4v) is 2.44. The number of carbonyl (C=O) groups excluding carboxylic acids is 1. The quantitative estimate of drug-likeness (QED) is 0.882. The number of hydrogen-bond donors (Lipinski definition) is 1. The molecule has 2 aromatic rings. The first kappa shape index (κ1) is 15.1. The van der Waals surface area contributed by atoms with Crippen molar-refractivity contribution in [1.29, 1.82) is 0 Å². The molecular formula is C18H19N3O2. The van der Waals surface area contributed by atoms with Gasteiger partial charge in [0.15, 0.2) is 0 Å². The van der Waals surface area contributed by atoms with Gasteiger partial charge in [0, 0.05) is 18.7 Å². The summed E-state index contributed by atoms with van der Waals surface area (Å²) in [4.78, 5) is 11.3. The van der Waals surface area contributed by atoms with Crippen molar-refractivity contribution in [2.24, 2.45) is 5.10 Å². The Labute approximate surface area is 135 Å². The van der Waals surface area contributed by atoms with Gasteiger partial charge in [-0.1, -0.05) is 30.3 Å². The van der Waals surface area contributed by atoms with Gasteiger partial charge in [-0.15, -0.1) is 0 Å². The van der Waals surface area contributed by atoms with Crippen molar-refractivity contribution in [1.82, 2.24) is 0 Å². The van der Waals surface area contributed by atoms with Gasteiger partial charge in [-0.05, 0) is 29.8 Å². The minimum atomic E-state index is -0.232. The molecule has 0 radical (unpaired) electrons. The molecule has 5 nitrogen and oxygen atoms in total. The lowest BCUT2D eigenvalue weighted by Crippen LogP contribution is -2.11. The summed E-state index contributed by atoms with van der Waals surface area (Å²) in [5.74, 6) is 0.707. The highest BCUT2D eigenvalue weighted by Crippen LogP contribution is 2.19. The Morgan fingerprint density at radius 3 is 2.61 bits per heavy atom. The number of amidine groups is 1. The Kier molecular flexibility index (Phi) is 4.57. The third kappa shape index (κ3) is 3.88. The largest absolute Gasteiger partial charge is 0.469 e. The van der Waals surface area contributed by atoms with Gasteiger partial charge in [0.2, 0.25) is 0 Å². The van der Waals surface area contributed by atoms with Crippen LogP contribution in [0.5, 0.6) is 0 Å². The standard InChI is InChI=1S/C18H19N3O2/c1-23-18(22)13-14-7-9-15(10-8-14)19-17-11-12-21(20-17)16-5-3-2-4-6-16/h2-10H,11-13H2,1H3,(H,19,20). The molecule has 0 saturated carbocycles. The van der Waals surface area contributed by atoms with Crippen molar-refractivity contribution in [3.63, 3.8) is 0 Å². The fraction of sp³-hybridized carbons (Fsp3) is 0.222. The van der Waals surface area contributed by atoms with Crippen molar-refractivity contribution in [3.05, 3.63) is 60.2 Å². The first-order valence-electron chi connectivity index (χ1n) is 7.57. The highest BCUT2D eigenvalue weighted by Gasteiger charge is 2.15. The van der Waals surface area contributed by atoms with E-state index in [-0.39, 0.29) is 5.97 Å². The Morgan fingerprint density at radius 2 is 1.91 bits per heavy atom. The van der Waals surface area contributed by atoms with Crippen molar-refractivity contribution in [3.8, 4) is 0 Å². The van der Waals surface area contributed by atoms with Gasteiger partial charge >= 0.3 is 5.97 Å². The van der Waals surface area contributed by atoms with Crippen molar-refractivity contribution >= 4 is 23.2 Å². The van der Waals surface area contributed by atoms with Crippen LogP contribution in [0.1, 0.15) is 12.0 Å². The normalized spacial score (nSPS) is 13.6. The average Bonchev–Trinajstić information content (AvgIpc) is 3.06. The molecule has 1 N–H and O–H groups in total. The van der Waals surface area contributed by atoms with Gasteiger partial charge in [0.05, 0.1) is 19.2 Å². The van der Waals surface area contributed by atoms with Gasteiger partial charge in [-0.2, -0.15) is 5.10 Å². The van der Waals surface area contributed by atoms with Gasteiger partial charge in [0.25, 0.3) is 0 Å². The first-order valence-corrected chi connectivity index (χ1v) is 7.57. The number of nitrogens with one attached hydrogen (secondary N) is 1. The molecule has 1 aliphatic heterocycles. The smallest absolute Gasteiger partial charge is 0.309 e. The van der Waals surface area contributed by atoms with Crippen LogP contribution in [0.15, 0.2) is 59.7 Å². The summed E-state index contributed by atoms with van der Waals surface area (Å²) in [6.07, 6.45) is 1.16. The third-order valence-electron chi connectivity index (χ3n) is 3.67. The molecule has 3 rings (SSSR count). The van der Waals surface area contributed by atoms with Crippen LogP contribution in [0.25, 0.3) is 0 Å². The van der Waals surface area contributed by atoms with E-state index in [4.69, 9.17) is 0 Å². The molecule has 0 unspecified atom stereocenters. The Morgan fingerprint density at radius 1 is 1.17 bits per heavy atom. The number of methoxy groups -OCH3 is 1. The molecule has 0 spiro atoms. The van der Waals surface area contributed by atoms with Crippen LogP contribution in [0.2, 0.25) is 0 Å². The van der Waals surface area contributed by atoms with Crippen LogP contribution in [0.4, 0.5) is 11.4 Å². The van der Waals surface area contributed by atoms with Crippen LogP contribution < -0.4 is 10.3 Å². The number of para-hydroxylation sites is 1. The number of ether oxygens (including phenoxy) is 1. The molecule has 118 valence electrons. The van der Waals surface area contributed by atoms with Gasteiger partial charge in [-0.3, -0.25) is 9.80 Å². The monoisotopic (exact) mass is 309 g/mol. The van der Waals surface area contributed by atoms with E-state index in [1.807, 2.05) is 59.6 Å². The lowest BCUT2D eigenvalue weighted by molar-refractivity contribution is -0.139. The van der Waals surface area contributed by atoms with Crippen molar-refractivity contribution in [2.75, 3.05) is 24.0 Å². The molecule has 23 heavy (non-hydrogen) atoms. The molecule has 5 heteroatoms. The number of hydrazone groups is 1. The molecule has 0 aromatic heterocycles. The molecule has 1 aliphatic rings. The second-order valence-corrected chi connectivity index (χ2v) is 5.33. The van der Waals surface area contributed by atoms with Crippen LogP contribution >= 0.6 is 0 Å². The first-order chi connectivity index (χ1) is 11.2. The lowest BCUT2D eigenvalue weighted by atomic mass is 10.1. The highest BCUT2D eigenvalue weighted by molar-refractivity contribution is 5.97.